The normalized spacial score (nSPS) is 11.0. The summed E-state index contributed by atoms with van der Waals surface area (Å²) in [5, 5.41) is 13.9. The Hall–Kier alpha value is -3.54. The van der Waals surface area contributed by atoms with Gasteiger partial charge in [0.1, 0.15) is 10.8 Å². The third-order valence-corrected chi connectivity index (χ3v) is 4.70. The molecular formula is C19H17F3N4O4S. The molecule has 2 N–H and O–H groups in total. The van der Waals surface area contributed by atoms with Gasteiger partial charge in [-0.25, -0.2) is 4.79 Å². The smallest absolute Gasteiger partial charge is 0.493 e. The van der Waals surface area contributed by atoms with Crippen LogP contribution in [0.2, 0.25) is 0 Å². The number of rotatable bonds is 7. The van der Waals surface area contributed by atoms with Crippen LogP contribution < -0.4 is 24.8 Å². The largest absolute Gasteiger partial charge is 0.573 e. The molecule has 31 heavy (non-hydrogen) atoms. The van der Waals surface area contributed by atoms with Crippen molar-refractivity contribution in [3.63, 3.8) is 0 Å². The molecule has 1 heterocycles. The molecule has 0 fully saturated rings. The molecule has 2 aromatic carbocycles. The average molecular weight is 454 g/mol. The summed E-state index contributed by atoms with van der Waals surface area (Å²) in [5.41, 5.74) is 1.12. The Labute approximate surface area is 179 Å². The summed E-state index contributed by atoms with van der Waals surface area (Å²) >= 11 is 1.17. The van der Waals surface area contributed by atoms with E-state index in [0.29, 0.717) is 22.9 Å². The first-order valence-corrected chi connectivity index (χ1v) is 9.55. The zero-order chi connectivity index (χ0) is 22.4. The van der Waals surface area contributed by atoms with Gasteiger partial charge in [0.2, 0.25) is 5.13 Å². The number of nitrogens with zero attached hydrogens (tertiary/aromatic N) is 2. The standard InChI is InChI=1S/C19H17F3N4O4S/c1-28-14-5-3-4-11(16(14)29-2)10-15-25-26-18(31-15)24-17(27)23-12-6-8-13(9-7-12)30-19(20,21)22/h3-9H,10H2,1-2H3,(H2,23,24,26,27). The Bertz CT molecular complexity index is 1040. The van der Waals surface area contributed by atoms with E-state index in [9.17, 15) is 18.0 Å². The molecule has 0 saturated heterocycles. The van der Waals surface area contributed by atoms with Crippen LogP contribution in [0.5, 0.6) is 17.2 Å². The summed E-state index contributed by atoms with van der Waals surface area (Å²) in [4.78, 5) is 12.1. The van der Waals surface area contributed by atoms with Gasteiger partial charge in [-0.3, -0.25) is 5.32 Å². The van der Waals surface area contributed by atoms with E-state index in [1.165, 1.54) is 23.5 Å². The first kappa shape index (κ1) is 22.2. The Kier molecular flexibility index (Phi) is 6.80. The fraction of sp³-hybridized carbons (Fsp3) is 0.211. The van der Waals surface area contributed by atoms with E-state index in [4.69, 9.17) is 9.47 Å². The number of anilines is 2. The number of carbonyl (C=O) groups is 1. The van der Waals surface area contributed by atoms with Crippen molar-refractivity contribution in [2.75, 3.05) is 24.9 Å². The van der Waals surface area contributed by atoms with Gasteiger partial charge in [-0.05, 0) is 30.3 Å². The first-order valence-electron chi connectivity index (χ1n) is 8.73. The molecule has 0 saturated carbocycles. The highest BCUT2D eigenvalue weighted by Gasteiger charge is 2.31. The number of para-hydroxylation sites is 1. The van der Waals surface area contributed by atoms with Crippen molar-refractivity contribution in [3.05, 3.63) is 53.0 Å². The summed E-state index contributed by atoms with van der Waals surface area (Å²) in [6.45, 7) is 0. The van der Waals surface area contributed by atoms with Crippen LogP contribution in [0.4, 0.5) is 28.8 Å². The maximum atomic E-state index is 12.2. The lowest BCUT2D eigenvalue weighted by molar-refractivity contribution is -0.274. The number of aromatic nitrogens is 2. The minimum atomic E-state index is -4.78. The van der Waals surface area contributed by atoms with E-state index in [1.807, 2.05) is 12.1 Å². The molecule has 0 atom stereocenters. The van der Waals surface area contributed by atoms with Crippen molar-refractivity contribution in [1.29, 1.82) is 0 Å². The maximum absolute atomic E-state index is 12.2. The highest BCUT2D eigenvalue weighted by Crippen LogP contribution is 2.33. The number of nitrogens with one attached hydrogen (secondary N) is 2. The van der Waals surface area contributed by atoms with Gasteiger partial charge in [0.05, 0.1) is 14.2 Å². The molecule has 0 radical (unpaired) electrons. The zero-order valence-electron chi connectivity index (χ0n) is 16.3. The molecule has 8 nitrogen and oxygen atoms in total. The summed E-state index contributed by atoms with van der Waals surface area (Å²) in [6.07, 6.45) is -4.36. The van der Waals surface area contributed by atoms with Gasteiger partial charge in [0, 0.05) is 17.7 Å². The van der Waals surface area contributed by atoms with Crippen molar-refractivity contribution < 1.29 is 32.2 Å². The molecule has 3 aromatic rings. The lowest BCUT2D eigenvalue weighted by Crippen LogP contribution is -2.19. The van der Waals surface area contributed by atoms with Crippen LogP contribution in [0.3, 0.4) is 0 Å². The molecule has 0 unspecified atom stereocenters. The summed E-state index contributed by atoms with van der Waals surface area (Å²) in [5.74, 6) is 0.791. The Morgan fingerprint density at radius 2 is 1.77 bits per heavy atom. The summed E-state index contributed by atoms with van der Waals surface area (Å²) in [7, 11) is 3.09. The first-order chi connectivity index (χ1) is 14.8. The molecule has 0 aliphatic carbocycles. The van der Waals surface area contributed by atoms with Gasteiger partial charge >= 0.3 is 12.4 Å². The van der Waals surface area contributed by atoms with Gasteiger partial charge in [0.25, 0.3) is 0 Å². The average Bonchev–Trinajstić information content (AvgIpc) is 3.14. The van der Waals surface area contributed by atoms with Crippen molar-refractivity contribution in [3.8, 4) is 17.2 Å². The zero-order valence-corrected chi connectivity index (χ0v) is 17.1. The molecule has 12 heteroatoms. The summed E-state index contributed by atoms with van der Waals surface area (Å²) < 4.78 is 51.0. The van der Waals surface area contributed by atoms with Gasteiger partial charge in [-0.2, -0.15) is 0 Å². The Morgan fingerprint density at radius 1 is 1.03 bits per heavy atom. The van der Waals surface area contributed by atoms with Crippen molar-refractivity contribution in [1.82, 2.24) is 10.2 Å². The molecule has 0 aliphatic heterocycles. The number of amides is 2. The molecule has 0 bridgehead atoms. The molecule has 164 valence electrons. The quantitative estimate of drug-likeness (QED) is 0.538. The number of benzene rings is 2. The van der Waals surface area contributed by atoms with Gasteiger partial charge in [-0.15, -0.1) is 23.4 Å². The highest BCUT2D eigenvalue weighted by molar-refractivity contribution is 7.15. The van der Waals surface area contributed by atoms with Crippen molar-refractivity contribution >= 4 is 28.2 Å². The maximum Gasteiger partial charge on any atom is 0.573 e. The number of hydrogen-bond acceptors (Lipinski definition) is 7. The number of alkyl halides is 3. The number of hydrogen-bond donors (Lipinski definition) is 2. The van der Waals surface area contributed by atoms with E-state index in [2.05, 4.69) is 25.6 Å². The van der Waals surface area contributed by atoms with Crippen LogP contribution in [-0.2, 0) is 6.42 Å². The fourth-order valence-electron chi connectivity index (χ4n) is 2.63. The predicted octanol–water partition coefficient (Wildman–Crippen LogP) is 4.69. The van der Waals surface area contributed by atoms with Crippen LogP contribution in [0, 0.1) is 0 Å². The van der Waals surface area contributed by atoms with E-state index in [-0.39, 0.29) is 16.6 Å². The van der Waals surface area contributed by atoms with Crippen LogP contribution in [0.15, 0.2) is 42.5 Å². The lowest BCUT2D eigenvalue weighted by Gasteiger charge is -2.11. The topological polar surface area (TPSA) is 94.6 Å². The number of methoxy groups -OCH3 is 2. The van der Waals surface area contributed by atoms with E-state index in [0.717, 1.165) is 17.7 Å². The molecule has 0 spiro atoms. The predicted molar refractivity (Wildman–Crippen MR) is 108 cm³/mol. The van der Waals surface area contributed by atoms with Crippen LogP contribution in [-0.4, -0.2) is 36.8 Å². The molecule has 1 aromatic heterocycles. The van der Waals surface area contributed by atoms with Gasteiger partial charge in [0.15, 0.2) is 11.5 Å². The van der Waals surface area contributed by atoms with Gasteiger partial charge < -0.3 is 19.5 Å². The number of halogens is 3. The van der Waals surface area contributed by atoms with Gasteiger partial charge in [-0.1, -0.05) is 23.5 Å². The monoisotopic (exact) mass is 454 g/mol. The second-order valence-corrected chi connectivity index (χ2v) is 7.04. The number of carbonyl (C=O) groups excluding carboxylic acids is 1. The minimum absolute atomic E-state index is 0.256. The second kappa shape index (κ2) is 9.51. The van der Waals surface area contributed by atoms with Crippen LogP contribution in [0.1, 0.15) is 10.6 Å². The molecule has 3 rings (SSSR count). The molecule has 2 amide bonds. The van der Waals surface area contributed by atoms with E-state index < -0.39 is 12.4 Å². The summed E-state index contributed by atoms with van der Waals surface area (Å²) in [6, 6.07) is 9.60. The van der Waals surface area contributed by atoms with Crippen molar-refractivity contribution in [2.45, 2.75) is 12.8 Å². The SMILES string of the molecule is COc1cccc(Cc2nnc(NC(=O)Nc3ccc(OC(F)(F)F)cc3)s2)c1OC. The third-order valence-electron chi connectivity index (χ3n) is 3.86. The number of urea groups is 1. The van der Waals surface area contributed by atoms with Crippen LogP contribution >= 0.6 is 11.3 Å². The third kappa shape index (κ3) is 6.22. The highest BCUT2D eigenvalue weighted by atomic mass is 32.1. The van der Waals surface area contributed by atoms with Crippen LogP contribution in [0.25, 0.3) is 0 Å². The minimum Gasteiger partial charge on any atom is -0.493 e. The second-order valence-electron chi connectivity index (χ2n) is 5.98. The Balaban J connectivity index is 1.59. The fourth-order valence-corrected chi connectivity index (χ4v) is 3.39. The Morgan fingerprint density at radius 3 is 2.42 bits per heavy atom. The molecular weight excluding hydrogens is 437 g/mol. The number of ether oxygens (including phenoxy) is 3. The van der Waals surface area contributed by atoms with Crippen molar-refractivity contribution in [2.24, 2.45) is 0 Å². The lowest BCUT2D eigenvalue weighted by atomic mass is 10.1. The van der Waals surface area contributed by atoms with E-state index in [1.54, 1.807) is 20.3 Å². The van der Waals surface area contributed by atoms with E-state index >= 15 is 0 Å². The molecule has 0 aliphatic rings.